The predicted molar refractivity (Wildman–Crippen MR) is 131 cm³/mol. The third-order valence-electron chi connectivity index (χ3n) is 6.56. The number of nitrogens with zero attached hydrogens (tertiary/aromatic N) is 6. The Labute approximate surface area is 210 Å². The van der Waals surface area contributed by atoms with Gasteiger partial charge in [0.15, 0.2) is 0 Å². The summed E-state index contributed by atoms with van der Waals surface area (Å²) < 4.78 is 31.2. The van der Waals surface area contributed by atoms with Crippen LogP contribution in [0.5, 0.6) is 0 Å². The first-order valence-corrected chi connectivity index (χ1v) is 11.6. The van der Waals surface area contributed by atoms with Gasteiger partial charge in [-0.2, -0.15) is 0 Å². The van der Waals surface area contributed by atoms with E-state index in [0.29, 0.717) is 46.9 Å². The van der Waals surface area contributed by atoms with Crippen molar-refractivity contribution in [3.63, 3.8) is 0 Å². The number of hydrogen-bond donors (Lipinski definition) is 0. The van der Waals surface area contributed by atoms with E-state index in [1.807, 2.05) is 4.57 Å². The second kappa shape index (κ2) is 8.91. The van der Waals surface area contributed by atoms with Crippen LogP contribution in [0.4, 0.5) is 8.78 Å². The lowest BCUT2D eigenvalue weighted by atomic mass is 10.1. The number of hydrogen-bond acceptors (Lipinski definition) is 5. The third-order valence-corrected chi connectivity index (χ3v) is 6.56. The molecule has 0 saturated heterocycles. The predicted octanol–water partition coefficient (Wildman–Crippen LogP) is 2.95. The summed E-state index contributed by atoms with van der Waals surface area (Å²) in [6.07, 6.45) is 3.12. The number of ketones is 1. The Kier molecular flexibility index (Phi) is 5.85. The van der Waals surface area contributed by atoms with Gasteiger partial charge < -0.3 is 18.9 Å². The maximum absolute atomic E-state index is 14.4. The Balaban J connectivity index is 1.47. The number of fused-ring (bicyclic) bond motifs is 2. The molecule has 1 aliphatic rings. The fraction of sp³-hybridized carbons (Fsp3) is 0.269. The number of aryl methyl sites for hydroxylation is 2. The molecule has 4 aromatic rings. The Morgan fingerprint density at radius 1 is 1.05 bits per heavy atom. The van der Waals surface area contributed by atoms with Crippen molar-refractivity contribution in [1.82, 2.24) is 28.9 Å². The minimum Gasteiger partial charge on any atom is -0.342 e. The molecule has 0 aliphatic carbocycles. The van der Waals surface area contributed by atoms with Crippen LogP contribution in [-0.2, 0) is 24.9 Å². The lowest BCUT2D eigenvalue weighted by Crippen LogP contribution is -2.38. The SMILES string of the molecule is Cc1nc2c(cc1C(=O)N1CCn3c(cnc3-c3ccc(F)cc3F)C1)c(C(=O)C(=O)N(C)C)cn2C. The van der Waals surface area contributed by atoms with E-state index < -0.39 is 23.3 Å². The molecule has 0 spiro atoms. The number of rotatable bonds is 4. The average molecular weight is 507 g/mol. The van der Waals surface area contributed by atoms with E-state index in [1.165, 1.54) is 31.1 Å². The van der Waals surface area contributed by atoms with E-state index >= 15 is 0 Å². The highest BCUT2D eigenvalue weighted by atomic mass is 19.1. The topological polar surface area (TPSA) is 93.3 Å². The molecular weight excluding hydrogens is 482 g/mol. The molecule has 9 nitrogen and oxygen atoms in total. The molecule has 1 aliphatic heterocycles. The van der Waals surface area contributed by atoms with Gasteiger partial charge in [-0.05, 0) is 25.1 Å². The number of carbonyl (C=O) groups excluding carboxylic acids is 3. The molecule has 190 valence electrons. The fourth-order valence-electron chi connectivity index (χ4n) is 4.61. The van der Waals surface area contributed by atoms with Crippen molar-refractivity contribution >= 4 is 28.6 Å². The van der Waals surface area contributed by atoms with Gasteiger partial charge in [0.25, 0.3) is 17.6 Å². The van der Waals surface area contributed by atoms with Crippen molar-refractivity contribution < 1.29 is 23.2 Å². The van der Waals surface area contributed by atoms with Crippen LogP contribution in [-0.4, -0.2) is 67.1 Å². The van der Waals surface area contributed by atoms with Crippen LogP contribution in [0.2, 0.25) is 0 Å². The van der Waals surface area contributed by atoms with Crippen molar-refractivity contribution in [1.29, 1.82) is 0 Å². The summed E-state index contributed by atoms with van der Waals surface area (Å²) >= 11 is 0. The van der Waals surface area contributed by atoms with E-state index in [-0.39, 0.29) is 23.6 Å². The number of amides is 2. The molecule has 2 amide bonds. The first-order valence-electron chi connectivity index (χ1n) is 11.6. The Morgan fingerprint density at radius 2 is 1.81 bits per heavy atom. The number of likely N-dealkylation sites (N-methyl/N-ethyl adjacent to an activating group) is 1. The van der Waals surface area contributed by atoms with Gasteiger partial charge in [-0.15, -0.1) is 0 Å². The molecule has 0 N–H and O–H groups in total. The maximum Gasteiger partial charge on any atom is 0.294 e. The number of benzene rings is 1. The van der Waals surface area contributed by atoms with Crippen LogP contribution in [0.3, 0.4) is 0 Å². The second-order valence-electron chi connectivity index (χ2n) is 9.25. The Hall–Kier alpha value is -4.41. The van der Waals surface area contributed by atoms with Gasteiger partial charge in [0, 0.05) is 51.9 Å². The first kappa shape index (κ1) is 24.3. The van der Waals surface area contributed by atoms with Crippen LogP contribution in [0, 0.1) is 18.6 Å². The summed E-state index contributed by atoms with van der Waals surface area (Å²) in [5.74, 6) is -2.63. The minimum atomic E-state index is -0.706. The Morgan fingerprint density at radius 3 is 2.51 bits per heavy atom. The number of imidazole rings is 1. The van der Waals surface area contributed by atoms with Crippen molar-refractivity contribution in [2.24, 2.45) is 7.05 Å². The molecule has 1 aromatic carbocycles. The van der Waals surface area contributed by atoms with Gasteiger partial charge >= 0.3 is 0 Å². The highest BCUT2D eigenvalue weighted by molar-refractivity contribution is 6.44. The van der Waals surface area contributed by atoms with Gasteiger partial charge in [-0.1, -0.05) is 0 Å². The van der Waals surface area contributed by atoms with E-state index in [1.54, 1.807) is 41.9 Å². The molecule has 0 bridgehead atoms. The molecule has 0 saturated carbocycles. The zero-order valence-corrected chi connectivity index (χ0v) is 20.7. The molecule has 3 aromatic heterocycles. The van der Waals surface area contributed by atoms with Crippen LogP contribution in [0.25, 0.3) is 22.4 Å². The smallest absolute Gasteiger partial charge is 0.294 e. The molecule has 0 fully saturated rings. The zero-order valence-electron chi connectivity index (χ0n) is 20.7. The molecule has 0 atom stereocenters. The highest BCUT2D eigenvalue weighted by Gasteiger charge is 2.29. The quantitative estimate of drug-likeness (QED) is 0.314. The maximum atomic E-state index is 14.4. The van der Waals surface area contributed by atoms with Gasteiger partial charge in [0.1, 0.15) is 23.1 Å². The number of Topliss-reactive ketones (excluding diaryl/α,β-unsaturated/α-hetero) is 1. The van der Waals surface area contributed by atoms with Gasteiger partial charge in [0.05, 0.1) is 40.8 Å². The van der Waals surface area contributed by atoms with Crippen molar-refractivity contribution in [2.75, 3.05) is 20.6 Å². The number of aromatic nitrogens is 4. The van der Waals surface area contributed by atoms with Crippen molar-refractivity contribution in [2.45, 2.75) is 20.0 Å². The first-order chi connectivity index (χ1) is 17.6. The van der Waals surface area contributed by atoms with E-state index in [4.69, 9.17) is 0 Å². The van der Waals surface area contributed by atoms with E-state index in [2.05, 4.69) is 9.97 Å². The van der Waals surface area contributed by atoms with Crippen LogP contribution in [0.15, 0.2) is 36.7 Å². The standard InChI is InChI=1S/C26H24F2N6O3/c1-14-18(10-19-20(13-32(4)24(19)30-14)22(35)26(37)31(2)3)25(36)33-7-8-34-16(12-33)11-29-23(34)17-6-5-15(27)9-21(17)28/h5-6,9-11,13H,7-8,12H2,1-4H3. The second-order valence-corrected chi connectivity index (χ2v) is 9.25. The number of carbonyl (C=O) groups is 3. The average Bonchev–Trinajstić information content (AvgIpc) is 3.42. The van der Waals surface area contributed by atoms with Crippen molar-refractivity contribution in [3.05, 3.63) is 70.8 Å². The summed E-state index contributed by atoms with van der Waals surface area (Å²) in [5, 5.41) is 0.424. The molecular formula is C26H24F2N6O3. The number of halogens is 2. The molecule has 37 heavy (non-hydrogen) atoms. The molecule has 4 heterocycles. The summed E-state index contributed by atoms with van der Waals surface area (Å²) in [6.45, 7) is 2.64. The van der Waals surface area contributed by atoms with E-state index in [0.717, 1.165) is 6.07 Å². The van der Waals surface area contributed by atoms with Gasteiger partial charge in [-0.3, -0.25) is 14.4 Å². The summed E-state index contributed by atoms with van der Waals surface area (Å²) in [6, 6.07) is 4.96. The summed E-state index contributed by atoms with van der Waals surface area (Å²) in [7, 11) is 4.72. The van der Waals surface area contributed by atoms with E-state index in [9.17, 15) is 23.2 Å². The van der Waals surface area contributed by atoms with Crippen molar-refractivity contribution in [3.8, 4) is 11.4 Å². The molecule has 5 rings (SSSR count). The van der Waals surface area contributed by atoms with Crippen LogP contribution >= 0.6 is 0 Å². The normalized spacial score (nSPS) is 13.1. The lowest BCUT2D eigenvalue weighted by Gasteiger charge is -2.29. The monoisotopic (exact) mass is 506 g/mol. The van der Waals surface area contributed by atoms with Crippen LogP contribution < -0.4 is 0 Å². The number of pyridine rings is 1. The third kappa shape index (κ3) is 4.05. The summed E-state index contributed by atoms with van der Waals surface area (Å²) in [4.78, 5) is 50.4. The highest BCUT2D eigenvalue weighted by Crippen LogP contribution is 2.28. The van der Waals surface area contributed by atoms with Crippen LogP contribution in [0.1, 0.15) is 32.1 Å². The Bertz CT molecular complexity index is 1600. The van der Waals surface area contributed by atoms with Gasteiger partial charge in [0.2, 0.25) is 0 Å². The molecule has 0 unspecified atom stereocenters. The summed E-state index contributed by atoms with van der Waals surface area (Å²) in [5.41, 5.74) is 2.38. The molecule has 0 radical (unpaired) electrons. The lowest BCUT2D eigenvalue weighted by molar-refractivity contribution is -0.124. The minimum absolute atomic E-state index is 0.181. The fourth-order valence-corrected chi connectivity index (χ4v) is 4.61. The zero-order chi connectivity index (χ0) is 26.6. The molecule has 11 heteroatoms. The van der Waals surface area contributed by atoms with Gasteiger partial charge in [-0.25, -0.2) is 18.7 Å². The largest absolute Gasteiger partial charge is 0.342 e.